The third kappa shape index (κ3) is 15.9. The number of carboxylic acids is 1. The highest BCUT2D eigenvalue weighted by molar-refractivity contribution is 5.81. The van der Waals surface area contributed by atoms with Gasteiger partial charge in [-0.1, -0.05) is 19.1 Å². The SMILES string of the molecule is C=CCOC(=O)NCCCCCC(=O)N(CCNC(=O)OC(C)(C)C)CC(=O)O. The minimum absolute atomic E-state index is 0.0705. The van der Waals surface area contributed by atoms with Gasteiger partial charge in [-0.05, 0) is 33.6 Å². The van der Waals surface area contributed by atoms with Gasteiger partial charge in [-0.3, -0.25) is 9.59 Å². The average molecular weight is 415 g/mol. The molecule has 0 saturated heterocycles. The molecular formula is C19H33N3O7. The van der Waals surface area contributed by atoms with Crippen LogP contribution in [0.15, 0.2) is 12.7 Å². The highest BCUT2D eigenvalue weighted by atomic mass is 16.6. The van der Waals surface area contributed by atoms with E-state index in [0.717, 1.165) is 0 Å². The van der Waals surface area contributed by atoms with E-state index in [1.165, 1.54) is 11.0 Å². The first-order chi connectivity index (χ1) is 13.5. The Morgan fingerprint density at radius 3 is 2.28 bits per heavy atom. The van der Waals surface area contributed by atoms with Crippen molar-refractivity contribution < 1.29 is 33.8 Å². The van der Waals surface area contributed by atoms with Crippen LogP contribution in [0, 0.1) is 0 Å². The van der Waals surface area contributed by atoms with Gasteiger partial charge in [0.25, 0.3) is 0 Å². The fourth-order valence-corrected chi connectivity index (χ4v) is 2.17. The Morgan fingerprint density at radius 2 is 1.69 bits per heavy atom. The molecular weight excluding hydrogens is 382 g/mol. The lowest BCUT2D eigenvalue weighted by Crippen LogP contribution is -2.42. The third-order valence-electron chi connectivity index (χ3n) is 3.40. The topological polar surface area (TPSA) is 134 Å². The number of aliphatic carboxylic acids is 1. The van der Waals surface area contributed by atoms with E-state index in [1.807, 2.05) is 0 Å². The van der Waals surface area contributed by atoms with Crippen LogP contribution in [0.3, 0.4) is 0 Å². The van der Waals surface area contributed by atoms with Crippen LogP contribution in [0.2, 0.25) is 0 Å². The summed E-state index contributed by atoms with van der Waals surface area (Å²) in [4.78, 5) is 47.3. The maximum Gasteiger partial charge on any atom is 0.407 e. The summed E-state index contributed by atoms with van der Waals surface area (Å²) in [7, 11) is 0. The molecule has 166 valence electrons. The van der Waals surface area contributed by atoms with Gasteiger partial charge < -0.3 is 30.1 Å². The Hall–Kier alpha value is -2.78. The predicted molar refractivity (Wildman–Crippen MR) is 106 cm³/mol. The molecule has 0 bridgehead atoms. The fraction of sp³-hybridized carbons (Fsp3) is 0.684. The molecule has 0 unspecified atom stereocenters. The molecule has 0 heterocycles. The van der Waals surface area contributed by atoms with Crippen molar-refractivity contribution >= 4 is 24.1 Å². The third-order valence-corrected chi connectivity index (χ3v) is 3.40. The summed E-state index contributed by atoms with van der Waals surface area (Å²) in [6.07, 6.45) is 2.40. The number of carbonyl (C=O) groups excluding carboxylic acids is 3. The minimum Gasteiger partial charge on any atom is -0.480 e. The first-order valence-corrected chi connectivity index (χ1v) is 9.53. The van der Waals surface area contributed by atoms with Crippen molar-refractivity contribution in [3.05, 3.63) is 12.7 Å². The van der Waals surface area contributed by atoms with Gasteiger partial charge in [0.15, 0.2) is 0 Å². The molecule has 3 N–H and O–H groups in total. The Labute approximate surface area is 171 Å². The van der Waals surface area contributed by atoms with Crippen LogP contribution in [-0.2, 0) is 19.1 Å². The van der Waals surface area contributed by atoms with Crippen molar-refractivity contribution in [1.29, 1.82) is 0 Å². The monoisotopic (exact) mass is 415 g/mol. The Bertz CT molecular complexity index is 558. The van der Waals surface area contributed by atoms with Gasteiger partial charge in [-0.25, -0.2) is 9.59 Å². The van der Waals surface area contributed by atoms with E-state index in [1.54, 1.807) is 20.8 Å². The smallest absolute Gasteiger partial charge is 0.407 e. The maximum absolute atomic E-state index is 12.3. The lowest BCUT2D eigenvalue weighted by Gasteiger charge is -2.23. The average Bonchev–Trinajstić information content (AvgIpc) is 2.59. The van der Waals surface area contributed by atoms with E-state index >= 15 is 0 Å². The van der Waals surface area contributed by atoms with E-state index in [4.69, 9.17) is 14.6 Å². The normalized spacial score (nSPS) is 10.6. The second kappa shape index (κ2) is 14.3. The number of amides is 3. The lowest BCUT2D eigenvalue weighted by atomic mass is 10.1. The maximum atomic E-state index is 12.3. The molecule has 0 aromatic carbocycles. The summed E-state index contributed by atoms with van der Waals surface area (Å²) >= 11 is 0. The van der Waals surface area contributed by atoms with Crippen molar-refractivity contribution in [2.24, 2.45) is 0 Å². The Kier molecular flexibility index (Phi) is 12.9. The number of carboxylic acid groups (broad SMARTS) is 1. The van der Waals surface area contributed by atoms with Crippen LogP contribution in [-0.4, -0.2) is 72.5 Å². The predicted octanol–water partition coefficient (Wildman–Crippen LogP) is 1.90. The molecule has 0 aromatic rings. The molecule has 0 radical (unpaired) electrons. The quantitative estimate of drug-likeness (QED) is 0.309. The molecule has 3 amide bonds. The molecule has 0 rings (SSSR count). The van der Waals surface area contributed by atoms with E-state index in [2.05, 4.69) is 17.2 Å². The number of hydrogen-bond donors (Lipinski definition) is 3. The van der Waals surface area contributed by atoms with Crippen LogP contribution in [0.4, 0.5) is 9.59 Å². The second-order valence-electron chi connectivity index (χ2n) is 7.26. The number of alkyl carbamates (subject to hydrolysis) is 2. The van der Waals surface area contributed by atoms with Gasteiger partial charge in [-0.2, -0.15) is 0 Å². The second-order valence-corrected chi connectivity index (χ2v) is 7.26. The van der Waals surface area contributed by atoms with Gasteiger partial charge in [-0.15, -0.1) is 0 Å². The molecule has 10 nitrogen and oxygen atoms in total. The number of hydrogen-bond acceptors (Lipinski definition) is 6. The largest absolute Gasteiger partial charge is 0.480 e. The van der Waals surface area contributed by atoms with E-state index in [9.17, 15) is 19.2 Å². The summed E-state index contributed by atoms with van der Waals surface area (Å²) in [6, 6.07) is 0. The first kappa shape index (κ1) is 26.2. The fourth-order valence-electron chi connectivity index (χ4n) is 2.17. The molecule has 0 aliphatic carbocycles. The molecule has 0 saturated carbocycles. The van der Waals surface area contributed by atoms with Gasteiger partial charge in [0.1, 0.15) is 18.8 Å². The number of rotatable bonds is 13. The molecule has 29 heavy (non-hydrogen) atoms. The van der Waals surface area contributed by atoms with Crippen LogP contribution in [0.5, 0.6) is 0 Å². The van der Waals surface area contributed by atoms with Crippen molar-refractivity contribution in [2.75, 3.05) is 32.8 Å². The molecule has 0 atom stereocenters. The zero-order valence-corrected chi connectivity index (χ0v) is 17.5. The van der Waals surface area contributed by atoms with Gasteiger partial charge >= 0.3 is 18.2 Å². The van der Waals surface area contributed by atoms with Crippen LogP contribution < -0.4 is 10.6 Å². The first-order valence-electron chi connectivity index (χ1n) is 9.53. The molecule has 10 heteroatoms. The molecule has 0 spiro atoms. The number of carbonyl (C=O) groups is 4. The molecule has 0 aliphatic rings. The zero-order valence-electron chi connectivity index (χ0n) is 17.5. The highest BCUT2D eigenvalue weighted by Crippen LogP contribution is 2.06. The lowest BCUT2D eigenvalue weighted by molar-refractivity contribution is -0.144. The van der Waals surface area contributed by atoms with Crippen molar-refractivity contribution in [2.45, 2.75) is 52.1 Å². The summed E-state index contributed by atoms with van der Waals surface area (Å²) in [5, 5.41) is 14.1. The summed E-state index contributed by atoms with van der Waals surface area (Å²) in [6.45, 7) is 8.91. The molecule has 0 aliphatic heterocycles. The van der Waals surface area contributed by atoms with Gasteiger partial charge in [0, 0.05) is 26.1 Å². The van der Waals surface area contributed by atoms with Crippen LogP contribution >= 0.6 is 0 Å². The highest BCUT2D eigenvalue weighted by Gasteiger charge is 2.18. The van der Waals surface area contributed by atoms with Crippen LogP contribution in [0.25, 0.3) is 0 Å². The summed E-state index contributed by atoms with van der Waals surface area (Å²) in [5.74, 6) is -1.44. The zero-order chi connectivity index (χ0) is 22.3. The van der Waals surface area contributed by atoms with Crippen molar-refractivity contribution in [3.8, 4) is 0 Å². The molecule has 0 fully saturated rings. The van der Waals surface area contributed by atoms with E-state index < -0.39 is 30.3 Å². The number of nitrogens with zero attached hydrogens (tertiary/aromatic N) is 1. The van der Waals surface area contributed by atoms with Crippen LogP contribution in [0.1, 0.15) is 46.5 Å². The van der Waals surface area contributed by atoms with Crippen molar-refractivity contribution in [3.63, 3.8) is 0 Å². The standard InChI is InChI=1S/C19H33N3O7/c1-5-13-28-17(26)20-10-8-6-7-9-15(23)22(14-16(24)25)12-11-21-18(27)29-19(2,3)4/h5H,1,6-14H2,2-4H3,(H,20,26)(H,21,27)(H,24,25). The summed E-state index contributed by atoms with van der Waals surface area (Å²) in [5.41, 5.74) is -0.641. The van der Waals surface area contributed by atoms with Gasteiger partial charge in [0.05, 0.1) is 0 Å². The van der Waals surface area contributed by atoms with E-state index in [0.29, 0.717) is 25.8 Å². The number of unbranched alkanes of at least 4 members (excludes halogenated alkanes) is 2. The Morgan fingerprint density at radius 1 is 1.03 bits per heavy atom. The number of nitrogens with one attached hydrogen (secondary N) is 2. The van der Waals surface area contributed by atoms with Crippen molar-refractivity contribution in [1.82, 2.24) is 15.5 Å². The van der Waals surface area contributed by atoms with Gasteiger partial charge in [0.2, 0.25) is 5.91 Å². The Balaban J connectivity index is 4.15. The minimum atomic E-state index is -1.13. The number of ether oxygens (including phenoxy) is 2. The summed E-state index contributed by atoms with van der Waals surface area (Å²) < 4.78 is 9.85. The van der Waals surface area contributed by atoms with E-state index in [-0.39, 0.29) is 32.0 Å². The molecule has 0 aromatic heterocycles.